The van der Waals surface area contributed by atoms with Gasteiger partial charge in [-0.2, -0.15) is 0 Å². The lowest BCUT2D eigenvalue weighted by Crippen LogP contribution is -2.47. The number of nitrogens with one attached hydrogen (secondary N) is 2. The molecular formula is C12H18N6OS. The summed E-state index contributed by atoms with van der Waals surface area (Å²) >= 11 is 1.28. The van der Waals surface area contributed by atoms with Crippen molar-refractivity contribution in [3.63, 3.8) is 0 Å². The molecule has 0 radical (unpaired) electrons. The Bertz CT molecular complexity index is 531. The summed E-state index contributed by atoms with van der Waals surface area (Å²) < 4.78 is 1.95. The molecule has 2 aromatic heterocycles. The summed E-state index contributed by atoms with van der Waals surface area (Å²) in [6.07, 6.45) is 5.34. The van der Waals surface area contributed by atoms with Crippen molar-refractivity contribution >= 4 is 22.5 Å². The van der Waals surface area contributed by atoms with Crippen LogP contribution in [0.3, 0.4) is 0 Å². The van der Waals surface area contributed by atoms with Crippen molar-refractivity contribution in [2.45, 2.75) is 33.4 Å². The summed E-state index contributed by atoms with van der Waals surface area (Å²) in [5.41, 5.74) is 1.49. The van der Waals surface area contributed by atoms with Crippen LogP contribution in [0.4, 0.5) is 9.93 Å². The smallest absolute Gasteiger partial charge is 0.321 e. The summed E-state index contributed by atoms with van der Waals surface area (Å²) in [4.78, 5) is 16.0. The number of carbonyl (C=O) groups is 1. The van der Waals surface area contributed by atoms with Crippen LogP contribution in [0.25, 0.3) is 0 Å². The maximum absolute atomic E-state index is 12.0. The number of nitrogens with zero attached hydrogens (tertiary/aromatic N) is 4. The molecular weight excluding hydrogens is 276 g/mol. The molecule has 0 saturated carbocycles. The molecule has 0 saturated heterocycles. The summed E-state index contributed by atoms with van der Waals surface area (Å²) in [6, 6.07) is -0.314. The third-order valence-electron chi connectivity index (χ3n) is 2.88. The first-order valence-electron chi connectivity index (χ1n) is 6.24. The lowest BCUT2D eigenvalue weighted by molar-refractivity contribution is 0.218. The minimum atomic E-state index is -0.276. The molecule has 20 heavy (non-hydrogen) atoms. The van der Waals surface area contributed by atoms with Crippen LogP contribution in [0.5, 0.6) is 0 Å². The molecule has 0 bridgehead atoms. The van der Waals surface area contributed by atoms with Crippen molar-refractivity contribution in [1.82, 2.24) is 25.1 Å². The first kappa shape index (κ1) is 14.4. The standard InChI is InChI=1S/C12H18N6OS/c1-12(2,3)9(6-18-5-4-13-7-18)15-10(19)16-11-17-14-8-20-11/h4-5,7-9H,6H2,1-3H3,(H2,15,16,17,19). The van der Waals surface area contributed by atoms with Gasteiger partial charge in [0.1, 0.15) is 5.51 Å². The Balaban J connectivity index is 1.98. The van der Waals surface area contributed by atoms with Crippen LogP contribution >= 0.6 is 11.3 Å². The molecule has 2 aromatic rings. The molecule has 0 aliphatic heterocycles. The van der Waals surface area contributed by atoms with E-state index in [1.165, 1.54) is 11.3 Å². The monoisotopic (exact) mass is 294 g/mol. The lowest BCUT2D eigenvalue weighted by Gasteiger charge is -2.31. The van der Waals surface area contributed by atoms with Gasteiger partial charge in [0, 0.05) is 18.9 Å². The Morgan fingerprint density at radius 2 is 2.30 bits per heavy atom. The normalized spacial score (nSPS) is 12.9. The summed E-state index contributed by atoms with van der Waals surface area (Å²) in [5, 5.41) is 13.6. The highest BCUT2D eigenvalue weighted by molar-refractivity contribution is 7.13. The molecule has 108 valence electrons. The van der Waals surface area contributed by atoms with E-state index in [9.17, 15) is 4.79 Å². The summed E-state index contributed by atoms with van der Waals surface area (Å²) in [5.74, 6) is 0. The minimum Gasteiger partial charge on any atom is -0.335 e. The minimum absolute atomic E-state index is 0.0374. The van der Waals surface area contributed by atoms with Crippen LogP contribution in [-0.4, -0.2) is 31.8 Å². The molecule has 2 amide bonds. The Hall–Kier alpha value is -1.96. The molecule has 0 aliphatic carbocycles. The number of anilines is 1. The Morgan fingerprint density at radius 1 is 1.50 bits per heavy atom. The van der Waals surface area contributed by atoms with E-state index >= 15 is 0 Å². The Labute approximate surface area is 121 Å². The van der Waals surface area contributed by atoms with Crippen LogP contribution < -0.4 is 10.6 Å². The predicted octanol–water partition coefficient (Wildman–Crippen LogP) is 1.97. The van der Waals surface area contributed by atoms with Crippen molar-refractivity contribution in [3.8, 4) is 0 Å². The Morgan fingerprint density at radius 3 is 2.85 bits per heavy atom. The van der Waals surface area contributed by atoms with E-state index in [1.807, 2.05) is 10.8 Å². The highest BCUT2D eigenvalue weighted by atomic mass is 32.1. The van der Waals surface area contributed by atoms with E-state index in [-0.39, 0.29) is 17.5 Å². The number of imidazole rings is 1. The van der Waals surface area contributed by atoms with E-state index in [2.05, 4.69) is 46.6 Å². The van der Waals surface area contributed by atoms with E-state index in [1.54, 1.807) is 18.0 Å². The molecule has 1 atom stereocenters. The first-order valence-corrected chi connectivity index (χ1v) is 7.12. The number of aromatic nitrogens is 4. The van der Waals surface area contributed by atoms with Gasteiger partial charge in [0.15, 0.2) is 0 Å². The molecule has 0 aromatic carbocycles. The summed E-state index contributed by atoms with van der Waals surface area (Å²) in [6.45, 7) is 6.91. The predicted molar refractivity (Wildman–Crippen MR) is 77.5 cm³/mol. The van der Waals surface area contributed by atoms with Gasteiger partial charge < -0.3 is 9.88 Å². The lowest BCUT2D eigenvalue weighted by atomic mass is 9.86. The van der Waals surface area contributed by atoms with Gasteiger partial charge in [-0.3, -0.25) is 5.32 Å². The zero-order chi connectivity index (χ0) is 14.6. The quantitative estimate of drug-likeness (QED) is 0.903. The molecule has 0 aliphatic rings. The number of hydrogen-bond acceptors (Lipinski definition) is 5. The molecule has 2 N–H and O–H groups in total. The van der Waals surface area contributed by atoms with Gasteiger partial charge in [0.2, 0.25) is 5.13 Å². The van der Waals surface area contributed by atoms with Crippen LogP contribution in [0.2, 0.25) is 0 Å². The van der Waals surface area contributed by atoms with Gasteiger partial charge in [0.25, 0.3) is 0 Å². The number of rotatable bonds is 4. The van der Waals surface area contributed by atoms with E-state index in [0.717, 1.165) is 0 Å². The van der Waals surface area contributed by atoms with E-state index in [4.69, 9.17) is 0 Å². The average Bonchev–Trinajstić information content (AvgIpc) is 2.99. The highest BCUT2D eigenvalue weighted by Gasteiger charge is 2.26. The van der Waals surface area contributed by atoms with Crippen LogP contribution in [0, 0.1) is 5.41 Å². The molecule has 0 fully saturated rings. The van der Waals surface area contributed by atoms with Crippen molar-refractivity contribution in [2.24, 2.45) is 5.41 Å². The largest absolute Gasteiger partial charge is 0.335 e. The second-order valence-corrected chi connectivity index (χ2v) is 6.35. The van der Waals surface area contributed by atoms with Crippen molar-refractivity contribution in [2.75, 3.05) is 5.32 Å². The van der Waals surface area contributed by atoms with Crippen molar-refractivity contribution < 1.29 is 4.79 Å². The number of urea groups is 1. The topological polar surface area (TPSA) is 84.7 Å². The van der Waals surface area contributed by atoms with Gasteiger partial charge in [0.05, 0.1) is 12.4 Å². The average molecular weight is 294 g/mol. The van der Waals surface area contributed by atoms with Crippen molar-refractivity contribution in [3.05, 3.63) is 24.2 Å². The third-order valence-corrected chi connectivity index (χ3v) is 3.49. The maximum atomic E-state index is 12.0. The molecule has 0 spiro atoms. The molecule has 2 heterocycles. The van der Waals surface area contributed by atoms with Gasteiger partial charge >= 0.3 is 6.03 Å². The van der Waals surface area contributed by atoms with Crippen molar-refractivity contribution in [1.29, 1.82) is 0 Å². The highest BCUT2D eigenvalue weighted by Crippen LogP contribution is 2.21. The Kier molecular flexibility index (Phi) is 4.33. The van der Waals surface area contributed by atoms with Gasteiger partial charge in [-0.1, -0.05) is 32.1 Å². The third kappa shape index (κ3) is 4.02. The summed E-state index contributed by atoms with van der Waals surface area (Å²) in [7, 11) is 0. The van der Waals surface area contributed by atoms with E-state index < -0.39 is 0 Å². The fourth-order valence-corrected chi connectivity index (χ4v) is 2.10. The zero-order valence-corrected chi connectivity index (χ0v) is 12.5. The van der Waals surface area contributed by atoms with Crippen LogP contribution in [-0.2, 0) is 6.54 Å². The van der Waals surface area contributed by atoms with Gasteiger partial charge in [-0.15, -0.1) is 10.2 Å². The van der Waals surface area contributed by atoms with Gasteiger partial charge in [-0.25, -0.2) is 9.78 Å². The first-order chi connectivity index (χ1) is 9.45. The second-order valence-electron chi connectivity index (χ2n) is 5.52. The van der Waals surface area contributed by atoms with Crippen LogP contribution in [0.1, 0.15) is 20.8 Å². The number of amides is 2. The molecule has 8 heteroatoms. The zero-order valence-electron chi connectivity index (χ0n) is 11.7. The fraction of sp³-hybridized carbons (Fsp3) is 0.500. The number of carbonyl (C=O) groups excluding carboxylic acids is 1. The fourth-order valence-electron chi connectivity index (χ4n) is 1.66. The SMILES string of the molecule is CC(C)(C)C(Cn1ccnc1)NC(=O)Nc1nncs1. The molecule has 1 unspecified atom stereocenters. The van der Waals surface area contributed by atoms with Crippen LogP contribution in [0.15, 0.2) is 24.2 Å². The molecule has 2 rings (SSSR count). The van der Waals surface area contributed by atoms with Gasteiger partial charge in [-0.05, 0) is 5.41 Å². The maximum Gasteiger partial charge on any atom is 0.321 e. The molecule has 7 nitrogen and oxygen atoms in total. The number of hydrogen-bond donors (Lipinski definition) is 2. The second kappa shape index (κ2) is 6.00. The van der Waals surface area contributed by atoms with E-state index in [0.29, 0.717) is 11.7 Å².